The number of hydrogen-bond donors (Lipinski definition) is 9. The van der Waals surface area contributed by atoms with E-state index in [-0.39, 0.29) is 49.8 Å². The Kier molecular flexibility index (Phi) is 16.2. The van der Waals surface area contributed by atoms with E-state index >= 15 is 4.79 Å². The Labute approximate surface area is 348 Å². The number of imidazole rings is 1. The van der Waals surface area contributed by atoms with Crippen molar-refractivity contribution in [2.75, 3.05) is 24.6 Å². The van der Waals surface area contributed by atoms with E-state index in [2.05, 4.69) is 41.2 Å². The molecule has 12 N–H and O–H groups in total. The number of para-hydroxylation sites is 1. The van der Waals surface area contributed by atoms with Crippen molar-refractivity contribution in [1.29, 1.82) is 0 Å². The van der Waals surface area contributed by atoms with Crippen molar-refractivity contribution in [2.24, 2.45) is 22.2 Å². The Morgan fingerprint density at radius 1 is 0.915 bits per heavy atom. The molecule has 18 nitrogen and oxygen atoms in total. The number of benzene rings is 2. The van der Waals surface area contributed by atoms with Gasteiger partial charge in [-0.15, -0.1) is 0 Å². The van der Waals surface area contributed by atoms with E-state index in [1.165, 1.54) is 45.9 Å². The maximum absolute atomic E-state index is 15.0. The molecule has 0 radical (unpaired) electrons. The highest BCUT2D eigenvalue weighted by Gasteiger charge is 2.38. The lowest BCUT2D eigenvalue weighted by molar-refractivity contribution is -0.143. The summed E-state index contributed by atoms with van der Waals surface area (Å²) in [5.41, 5.74) is 19.8. The molecule has 2 aromatic carbocycles. The number of unbranched alkanes of at least 4 members (excludes halogenated alkanes) is 1. The first-order valence-electron chi connectivity index (χ1n) is 19.0. The van der Waals surface area contributed by atoms with Crippen LogP contribution in [0.5, 0.6) is 0 Å². The van der Waals surface area contributed by atoms with Gasteiger partial charge in [0.1, 0.15) is 30.2 Å². The number of amides is 6. The van der Waals surface area contributed by atoms with Crippen molar-refractivity contribution in [1.82, 2.24) is 41.1 Å². The Morgan fingerprint density at radius 2 is 1.64 bits per heavy atom. The smallest absolute Gasteiger partial charge is 0.246 e. The second-order valence-electron chi connectivity index (χ2n) is 14.0. The van der Waals surface area contributed by atoms with Crippen molar-refractivity contribution in [2.45, 2.75) is 69.2 Å². The van der Waals surface area contributed by atoms with Crippen LogP contribution in [0.1, 0.15) is 36.6 Å². The number of aliphatic imine (C=N–C) groups is 1. The largest absolute Gasteiger partial charge is 0.370 e. The first kappa shape index (κ1) is 44.1. The van der Waals surface area contributed by atoms with Gasteiger partial charge in [-0.25, -0.2) is 4.98 Å². The minimum Gasteiger partial charge on any atom is -0.370 e. The van der Waals surface area contributed by atoms with Crippen molar-refractivity contribution in [3.8, 4) is 0 Å². The van der Waals surface area contributed by atoms with Crippen molar-refractivity contribution < 1.29 is 28.8 Å². The zero-order valence-corrected chi connectivity index (χ0v) is 34.2. The summed E-state index contributed by atoms with van der Waals surface area (Å²) in [5, 5.41) is 12.0. The number of hydrogen-bond acceptors (Lipinski definition) is 10. The molecule has 3 heterocycles. The fourth-order valence-electron chi connectivity index (χ4n) is 6.62. The number of rotatable bonds is 15. The maximum Gasteiger partial charge on any atom is 0.246 e. The normalized spacial score (nSPS) is 19.8. The Bertz CT molecular complexity index is 2090. The highest BCUT2D eigenvalue weighted by atomic mass is 33.1. The van der Waals surface area contributed by atoms with Gasteiger partial charge in [0.2, 0.25) is 35.4 Å². The van der Waals surface area contributed by atoms with E-state index in [0.717, 1.165) is 22.0 Å². The van der Waals surface area contributed by atoms with Gasteiger partial charge in [0.25, 0.3) is 0 Å². The van der Waals surface area contributed by atoms with Gasteiger partial charge >= 0.3 is 0 Å². The molecular formula is C39H50N12O6S2. The van der Waals surface area contributed by atoms with Crippen molar-refractivity contribution in [3.63, 3.8) is 0 Å². The summed E-state index contributed by atoms with van der Waals surface area (Å²) in [6, 6.07) is 10.8. The highest BCUT2D eigenvalue weighted by molar-refractivity contribution is 8.76. The number of fused-ring (bicyclic) bond motifs is 1. The number of nitrogens with two attached hydrogens (primary N) is 3. The van der Waals surface area contributed by atoms with E-state index in [1.807, 2.05) is 42.5 Å². The van der Waals surface area contributed by atoms with Gasteiger partial charge in [-0.05, 0) is 30.0 Å². The van der Waals surface area contributed by atoms with Crippen LogP contribution in [-0.2, 0) is 48.0 Å². The number of guanidine groups is 1. The average molecular weight is 847 g/mol. The molecule has 0 bridgehead atoms. The van der Waals surface area contributed by atoms with Crippen molar-refractivity contribution >= 4 is 73.9 Å². The first-order valence-corrected chi connectivity index (χ1v) is 21.5. The van der Waals surface area contributed by atoms with Crippen molar-refractivity contribution in [3.05, 3.63) is 90.1 Å². The lowest BCUT2D eigenvalue weighted by atomic mass is 10.0. The third kappa shape index (κ3) is 13.0. The Balaban J connectivity index is 1.53. The van der Waals surface area contributed by atoms with Crippen LogP contribution in [0.15, 0.2) is 78.3 Å². The average Bonchev–Trinajstić information content (AvgIpc) is 3.88. The standard InChI is InChI=1S/C39H50N12O6S2/c1-23(52)47-32-20-58-59-21-33(37(56)48-29(34(40)53)16-25-18-45-28-12-6-5-11-27(25)28)51(14-8-7-13-44-39(41)42)38(57)31(15-24-9-3-2-4-10-24)50-35(54)30(49-36(32)55)17-26-19-43-22-46-26/h2-6,9-12,18-19,22,29-33,45H,7-8,13-17,20-21H2,1H3,(H2,40,53)(H,43,46)(H,47,52)(H,48,56)(H,49,55)(H,50,54)(H4,41,42,44)/t29-,30-,31+,32-,33-/m0/s1. The minimum absolute atomic E-state index is 0.00241. The van der Waals surface area contributed by atoms with Gasteiger partial charge in [0.05, 0.1) is 6.33 Å². The summed E-state index contributed by atoms with van der Waals surface area (Å²) in [4.78, 5) is 98.4. The molecule has 59 heavy (non-hydrogen) atoms. The molecule has 0 spiro atoms. The van der Waals surface area contributed by atoms with E-state index in [0.29, 0.717) is 18.5 Å². The number of carbonyl (C=O) groups is 6. The second-order valence-corrected chi connectivity index (χ2v) is 16.6. The summed E-state index contributed by atoms with van der Waals surface area (Å²) < 4.78 is 0. The van der Waals surface area contributed by atoms with Gasteiger partial charge in [-0.3, -0.25) is 33.8 Å². The predicted molar refractivity (Wildman–Crippen MR) is 227 cm³/mol. The van der Waals surface area contributed by atoms with Crippen LogP contribution in [-0.4, -0.2) is 116 Å². The number of aromatic nitrogens is 3. The minimum atomic E-state index is -1.22. The molecule has 2 aromatic heterocycles. The third-order valence-corrected chi connectivity index (χ3v) is 12.0. The molecular weight excluding hydrogens is 797 g/mol. The van der Waals surface area contributed by atoms with E-state index in [4.69, 9.17) is 17.2 Å². The first-order chi connectivity index (χ1) is 28.4. The molecule has 1 aliphatic rings. The molecule has 0 aliphatic carbocycles. The number of nitrogens with zero attached hydrogens (tertiary/aromatic N) is 3. The molecule has 0 unspecified atom stereocenters. The number of aromatic amines is 2. The molecule has 5 atom stereocenters. The number of nitrogens with one attached hydrogen (secondary N) is 6. The van der Waals surface area contributed by atoms with E-state index in [1.54, 1.807) is 18.3 Å². The van der Waals surface area contributed by atoms with Gasteiger partial charge in [0, 0.05) is 79.8 Å². The summed E-state index contributed by atoms with van der Waals surface area (Å²) in [5.74, 6) is -3.78. The predicted octanol–water partition coefficient (Wildman–Crippen LogP) is 0.00910. The molecule has 314 valence electrons. The zero-order chi connectivity index (χ0) is 42.3. The topological polar surface area (TPSA) is 289 Å². The van der Waals surface area contributed by atoms with Gasteiger partial charge in [-0.2, -0.15) is 0 Å². The highest BCUT2D eigenvalue weighted by Crippen LogP contribution is 2.27. The SMILES string of the molecule is CC(=O)N[C@H]1CSSC[C@@H](C(=O)N[C@@H](Cc2c[nH]c3ccccc23)C(N)=O)N(CCCCN=C(N)N)C(=O)[C@@H](Cc2ccccc2)NC(=O)[C@H](Cc2cnc[nH]2)NC1=O. The van der Waals surface area contributed by atoms with Crippen LogP contribution in [0.25, 0.3) is 10.9 Å². The lowest BCUT2D eigenvalue weighted by Gasteiger charge is -2.35. The van der Waals surface area contributed by atoms with Gasteiger partial charge in [0.15, 0.2) is 5.96 Å². The number of H-pyrrole nitrogens is 2. The molecule has 6 amide bonds. The zero-order valence-electron chi connectivity index (χ0n) is 32.5. The quantitative estimate of drug-likeness (QED) is 0.0333. The molecule has 4 aromatic rings. The summed E-state index contributed by atoms with van der Waals surface area (Å²) in [6.45, 7) is 1.60. The molecule has 1 aliphatic heterocycles. The fraction of sp³-hybridized carbons (Fsp3) is 0.385. The van der Waals surface area contributed by atoms with Gasteiger partial charge in [-0.1, -0.05) is 70.1 Å². The second kappa shape index (κ2) is 21.7. The fourth-order valence-corrected chi connectivity index (χ4v) is 9.01. The lowest BCUT2D eigenvalue weighted by Crippen LogP contribution is -2.61. The Hall–Kier alpha value is -6.02. The summed E-state index contributed by atoms with van der Waals surface area (Å²) >= 11 is 0. The monoisotopic (exact) mass is 846 g/mol. The molecule has 5 rings (SSSR count). The van der Waals surface area contributed by atoms with E-state index < -0.39 is 65.7 Å². The number of carbonyl (C=O) groups excluding carboxylic acids is 6. The van der Waals surface area contributed by atoms with Crippen LogP contribution < -0.4 is 38.5 Å². The molecule has 1 fully saturated rings. The van der Waals surface area contributed by atoms with Gasteiger partial charge < -0.3 is 53.3 Å². The van der Waals surface area contributed by atoms with E-state index in [9.17, 15) is 24.0 Å². The Morgan fingerprint density at radius 3 is 2.36 bits per heavy atom. The molecule has 0 saturated carbocycles. The summed E-state index contributed by atoms with van der Waals surface area (Å²) in [6.07, 6.45) is 5.63. The van der Waals surface area contributed by atoms with Crippen LogP contribution in [0.4, 0.5) is 0 Å². The molecule has 20 heteroatoms. The maximum atomic E-state index is 15.0. The van der Waals surface area contributed by atoms with Crippen LogP contribution in [0.2, 0.25) is 0 Å². The molecule has 1 saturated heterocycles. The number of primary amides is 1. The van der Waals surface area contributed by atoms with Crippen LogP contribution in [0.3, 0.4) is 0 Å². The van der Waals surface area contributed by atoms with Crippen LogP contribution >= 0.6 is 21.6 Å². The van der Waals surface area contributed by atoms with Crippen LogP contribution in [0, 0.1) is 0 Å². The third-order valence-electron chi connectivity index (χ3n) is 9.57. The summed E-state index contributed by atoms with van der Waals surface area (Å²) in [7, 11) is 2.41.